The summed E-state index contributed by atoms with van der Waals surface area (Å²) in [5, 5.41) is 3.02. The molecule has 0 bridgehead atoms. The molecule has 0 aliphatic heterocycles. The number of carbonyl (C=O) groups excluding carboxylic acids is 2. The van der Waals surface area contributed by atoms with E-state index in [1.165, 1.54) is 0 Å². The second-order valence-corrected chi connectivity index (χ2v) is 9.22. The number of rotatable bonds is 14. The molecule has 0 aliphatic rings. The van der Waals surface area contributed by atoms with Crippen LogP contribution in [0.1, 0.15) is 64.2 Å². The molecule has 0 radical (unpaired) electrons. The van der Waals surface area contributed by atoms with Crippen molar-refractivity contribution in [1.82, 2.24) is 10.2 Å². The molecule has 6 heteroatoms. The summed E-state index contributed by atoms with van der Waals surface area (Å²) < 4.78 is 11.4. The Bertz CT molecular complexity index is 957. The van der Waals surface area contributed by atoms with Crippen LogP contribution in [0.3, 0.4) is 0 Å². The lowest BCUT2D eigenvalue weighted by molar-refractivity contribution is -0.141. The highest BCUT2D eigenvalue weighted by Crippen LogP contribution is 2.29. The van der Waals surface area contributed by atoms with Crippen LogP contribution in [-0.4, -0.2) is 42.5 Å². The summed E-state index contributed by atoms with van der Waals surface area (Å²) in [6.07, 6.45) is 1.41. The molecule has 2 aromatic rings. The van der Waals surface area contributed by atoms with Gasteiger partial charge in [0.2, 0.25) is 11.8 Å². The number of nitrogens with zero attached hydrogens (tertiary/aromatic N) is 1. The Kier molecular flexibility index (Phi) is 11.6. The second-order valence-electron chi connectivity index (χ2n) is 9.22. The third kappa shape index (κ3) is 8.93. The summed E-state index contributed by atoms with van der Waals surface area (Å²) >= 11 is 0. The van der Waals surface area contributed by atoms with Crippen LogP contribution >= 0.6 is 0 Å². The minimum atomic E-state index is -0.513. The number of benzene rings is 2. The van der Waals surface area contributed by atoms with Gasteiger partial charge in [-0.25, -0.2) is 0 Å². The summed E-state index contributed by atoms with van der Waals surface area (Å²) in [6, 6.07) is 13.4. The van der Waals surface area contributed by atoms with Gasteiger partial charge in [-0.15, -0.1) is 0 Å². The van der Waals surface area contributed by atoms with Crippen LogP contribution < -0.4 is 14.8 Å². The first-order valence-electron chi connectivity index (χ1n) is 12.8. The summed E-state index contributed by atoms with van der Waals surface area (Å²) in [6.45, 7) is 14.1. The third-order valence-electron chi connectivity index (χ3n) is 5.74. The molecule has 0 saturated heterocycles. The molecule has 1 atom stereocenters. The lowest BCUT2D eigenvalue weighted by Gasteiger charge is -2.31. The van der Waals surface area contributed by atoms with Crippen molar-refractivity contribution in [3.8, 4) is 11.5 Å². The van der Waals surface area contributed by atoms with E-state index in [0.29, 0.717) is 63.0 Å². The Morgan fingerprint density at radius 1 is 0.943 bits per heavy atom. The molecule has 0 aromatic heterocycles. The molecule has 1 N–H and O–H groups in total. The van der Waals surface area contributed by atoms with Gasteiger partial charge in [0, 0.05) is 19.5 Å². The molecule has 6 nitrogen and oxygen atoms in total. The van der Waals surface area contributed by atoms with Gasteiger partial charge >= 0.3 is 0 Å². The van der Waals surface area contributed by atoms with E-state index in [0.717, 1.165) is 16.7 Å². The second kappa shape index (κ2) is 14.4. The molecule has 0 saturated carbocycles. The van der Waals surface area contributed by atoms with Gasteiger partial charge in [0.15, 0.2) is 11.5 Å². The average Bonchev–Trinajstić information content (AvgIpc) is 2.82. The predicted octanol–water partition coefficient (Wildman–Crippen LogP) is 5.30. The molecular formula is C29H42N2O4. The van der Waals surface area contributed by atoms with Gasteiger partial charge < -0.3 is 19.7 Å². The highest BCUT2D eigenvalue weighted by molar-refractivity contribution is 5.87. The zero-order valence-corrected chi connectivity index (χ0v) is 22.2. The van der Waals surface area contributed by atoms with Crippen LogP contribution in [-0.2, 0) is 22.6 Å². The SMILES string of the molecule is CCOc1ccc(CCC(=O)N(Cc2cccc(C)c2)[C@H](CC)C(=O)NCC(C)C)cc1OCC. The van der Waals surface area contributed by atoms with Crippen molar-refractivity contribution in [2.75, 3.05) is 19.8 Å². The van der Waals surface area contributed by atoms with Crippen molar-refractivity contribution >= 4 is 11.8 Å². The molecule has 2 aromatic carbocycles. The number of nitrogens with one attached hydrogen (secondary N) is 1. The largest absolute Gasteiger partial charge is 0.490 e. The molecule has 35 heavy (non-hydrogen) atoms. The van der Waals surface area contributed by atoms with Gasteiger partial charge in [-0.1, -0.05) is 56.7 Å². The minimum absolute atomic E-state index is 0.0371. The van der Waals surface area contributed by atoms with Crippen LogP contribution in [0.5, 0.6) is 11.5 Å². The van der Waals surface area contributed by atoms with Gasteiger partial charge in [-0.3, -0.25) is 9.59 Å². The quantitative estimate of drug-likeness (QED) is 0.397. The topological polar surface area (TPSA) is 67.9 Å². The van der Waals surface area contributed by atoms with Gasteiger partial charge in [0.05, 0.1) is 13.2 Å². The summed E-state index contributed by atoms with van der Waals surface area (Å²) in [5.74, 6) is 1.61. The Morgan fingerprint density at radius 3 is 2.29 bits per heavy atom. The molecule has 2 amide bonds. The lowest BCUT2D eigenvalue weighted by Crippen LogP contribution is -2.49. The van der Waals surface area contributed by atoms with E-state index in [1.54, 1.807) is 4.90 Å². The first kappa shape index (κ1) is 28.2. The van der Waals surface area contributed by atoms with Crippen molar-refractivity contribution in [2.24, 2.45) is 5.92 Å². The van der Waals surface area contributed by atoms with Crippen molar-refractivity contribution in [1.29, 1.82) is 0 Å². The van der Waals surface area contributed by atoms with E-state index in [1.807, 2.05) is 64.1 Å². The van der Waals surface area contributed by atoms with E-state index in [2.05, 4.69) is 25.2 Å². The Morgan fingerprint density at radius 2 is 1.66 bits per heavy atom. The summed E-state index contributed by atoms with van der Waals surface area (Å²) in [5.41, 5.74) is 3.15. The number of hydrogen-bond acceptors (Lipinski definition) is 4. The fraction of sp³-hybridized carbons (Fsp3) is 0.517. The number of aryl methyl sites for hydroxylation is 2. The molecule has 0 unspecified atom stereocenters. The van der Waals surface area contributed by atoms with Crippen LogP contribution in [0.4, 0.5) is 0 Å². The first-order chi connectivity index (χ1) is 16.8. The van der Waals surface area contributed by atoms with Gasteiger partial charge in [0.25, 0.3) is 0 Å². The molecule has 0 aliphatic carbocycles. The van der Waals surface area contributed by atoms with E-state index >= 15 is 0 Å². The lowest BCUT2D eigenvalue weighted by atomic mass is 10.0. The predicted molar refractivity (Wildman–Crippen MR) is 141 cm³/mol. The first-order valence-corrected chi connectivity index (χ1v) is 12.8. The van der Waals surface area contributed by atoms with Crippen LogP contribution in [0, 0.1) is 12.8 Å². The van der Waals surface area contributed by atoms with Gasteiger partial charge in [-0.2, -0.15) is 0 Å². The van der Waals surface area contributed by atoms with E-state index in [4.69, 9.17) is 9.47 Å². The van der Waals surface area contributed by atoms with Gasteiger partial charge in [0.1, 0.15) is 6.04 Å². The van der Waals surface area contributed by atoms with Crippen LogP contribution in [0.15, 0.2) is 42.5 Å². The monoisotopic (exact) mass is 482 g/mol. The minimum Gasteiger partial charge on any atom is -0.490 e. The summed E-state index contributed by atoms with van der Waals surface area (Å²) in [4.78, 5) is 28.3. The van der Waals surface area contributed by atoms with Crippen molar-refractivity contribution in [3.05, 3.63) is 59.2 Å². The molecule has 2 rings (SSSR count). The summed E-state index contributed by atoms with van der Waals surface area (Å²) in [7, 11) is 0. The van der Waals surface area contributed by atoms with Gasteiger partial charge in [-0.05, 0) is 62.8 Å². The zero-order valence-electron chi connectivity index (χ0n) is 22.2. The smallest absolute Gasteiger partial charge is 0.242 e. The van der Waals surface area contributed by atoms with E-state index in [9.17, 15) is 9.59 Å². The number of carbonyl (C=O) groups is 2. The zero-order chi connectivity index (χ0) is 25.8. The number of hydrogen-bond donors (Lipinski definition) is 1. The maximum atomic E-state index is 13.5. The standard InChI is InChI=1S/C29H42N2O4/c1-7-25(29(33)30-19-21(4)5)31(20-24-12-10-11-22(6)17-24)28(32)16-14-23-13-15-26(34-8-2)27(18-23)35-9-3/h10-13,15,17-18,21,25H,7-9,14,16,19-20H2,1-6H3,(H,30,33)/t25-/m1/s1. The normalized spacial score (nSPS) is 11.7. The van der Waals surface area contributed by atoms with Crippen LogP contribution in [0.2, 0.25) is 0 Å². The molecule has 192 valence electrons. The fourth-order valence-electron chi connectivity index (χ4n) is 4.00. The Hall–Kier alpha value is -3.02. The molecule has 0 heterocycles. The molecule has 0 spiro atoms. The highest BCUT2D eigenvalue weighted by Gasteiger charge is 2.28. The Labute approximate surface area is 211 Å². The highest BCUT2D eigenvalue weighted by atomic mass is 16.5. The third-order valence-corrected chi connectivity index (χ3v) is 5.74. The maximum Gasteiger partial charge on any atom is 0.242 e. The average molecular weight is 483 g/mol. The number of ether oxygens (including phenoxy) is 2. The molecular weight excluding hydrogens is 440 g/mol. The fourth-order valence-corrected chi connectivity index (χ4v) is 4.00. The van der Waals surface area contributed by atoms with Crippen molar-refractivity contribution in [2.45, 2.75) is 73.4 Å². The van der Waals surface area contributed by atoms with Crippen LogP contribution in [0.25, 0.3) is 0 Å². The van der Waals surface area contributed by atoms with Crippen molar-refractivity contribution in [3.63, 3.8) is 0 Å². The Balaban J connectivity index is 2.22. The van der Waals surface area contributed by atoms with E-state index in [-0.39, 0.29) is 11.8 Å². The number of amides is 2. The maximum absolute atomic E-state index is 13.5. The van der Waals surface area contributed by atoms with Crippen molar-refractivity contribution < 1.29 is 19.1 Å². The molecule has 0 fully saturated rings. The van der Waals surface area contributed by atoms with E-state index < -0.39 is 6.04 Å².